The van der Waals surface area contributed by atoms with E-state index in [1.165, 1.54) is 6.07 Å². The van der Waals surface area contributed by atoms with Crippen molar-refractivity contribution in [3.05, 3.63) is 57.6 Å². The number of halogens is 3. The summed E-state index contributed by atoms with van der Waals surface area (Å²) < 4.78 is 32.8. The molecule has 0 atom stereocenters. The van der Waals surface area contributed by atoms with Crippen molar-refractivity contribution in [2.24, 2.45) is 0 Å². The van der Waals surface area contributed by atoms with Crippen molar-refractivity contribution < 1.29 is 13.5 Å². The van der Waals surface area contributed by atoms with Gasteiger partial charge in [0.15, 0.2) is 11.6 Å². The van der Waals surface area contributed by atoms with E-state index in [-0.39, 0.29) is 5.75 Å². The second kappa shape index (κ2) is 6.33. The standard InChI is InChI=1S/C15H14BrF2NO/c1-9-5-12(4-3-10(9)8-19-2)20-14-7-11(16)6-13(17)15(14)18/h3-7,19H,8H2,1-2H3. The maximum atomic E-state index is 13.6. The number of nitrogens with one attached hydrogen (secondary N) is 1. The number of hydrogen-bond acceptors (Lipinski definition) is 2. The largest absolute Gasteiger partial charge is 0.454 e. The third kappa shape index (κ3) is 3.35. The predicted octanol–water partition coefficient (Wildman–Crippen LogP) is 4.55. The summed E-state index contributed by atoms with van der Waals surface area (Å²) in [6.45, 7) is 2.68. The first-order valence-corrected chi connectivity index (χ1v) is 6.87. The minimum Gasteiger partial charge on any atom is -0.454 e. The summed E-state index contributed by atoms with van der Waals surface area (Å²) in [6, 6.07) is 7.88. The van der Waals surface area contributed by atoms with Gasteiger partial charge in [-0.25, -0.2) is 4.39 Å². The molecule has 0 aliphatic heterocycles. The Morgan fingerprint density at radius 2 is 1.95 bits per heavy atom. The fraction of sp³-hybridized carbons (Fsp3) is 0.200. The summed E-state index contributed by atoms with van der Waals surface area (Å²) in [4.78, 5) is 0. The molecule has 2 aromatic rings. The van der Waals surface area contributed by atoms with Gasteiger partial charge in [0.25, 0.3) is 0 Å². The summed E-state index contributed by atoms with van der Waals surface area (Å²) in [5, 5.41) is 3.06. The maximum Gasteiger partial charge on any atom is 0.201 e. The molecular formula is C15H14BrF2NO. The molecule has 2 aromatic carbocycles. The Morgan fingerprint density at radius 3 is 2.60 bits per heavy atom. The number of hydrogen-bond donors (Lipinski definition) is 1. The Labute approximate surface area is 124 Å². The molecule has 0 saturated heterocycles. The molecule has 0 aromatic heterocycles. The van der Waals surface area contributed by atoms with Gasteiger partial charge in [0.05, 0.1) is 0 Å². The minimum atomic E-state index is -0.995. The molecule has 0 saturated carbocycles. The van der Waals surface area contributed by atoms with Gasteiger partial charge in [-0.1, -0.05) is 22.0 Å². The number of aryl methyl sites for hydroxylation is 1. The molecular weight excluding hydrogens is 328 g/mol. The lowest BCUT2D eigenvalue weighted by atomic mass is 10.1. The zero-order chi connectivity index (χ0) is 14.7. The smallest absolute Gasteiger partial charge is 0.201 e. The SMILES string of the molecule is CNCc1ccc(Oc2cc(Br)cc(F)c2F)cc1C. The molecule has 106 valence electrons. The molecule has 0 fully saturated rings. The molecule has 0 radical (unpaired) electrons. The second-order valence-electron chi connectivity index (χ2n) is 4.42. The summed E-state index contributed by atoms with van der Waals surface area (Å²) in [5.74, 6) is -1.61. The first-order chi connectivity index (χ1) is 9.51. The van der Waals surface area contributed by atoms with Crippen LogP contribution >= 0.6 is 15.9 Å². The van der Waals surface area contributed by atoms with Crippen molar-refractivity contribution in [3.8, 4) is 11.5 Å². The molecule has 0 unspecified atom stereocenters. The van der Waals surface area contributed by atoms with Crippen molar-refractivity contribution >= 4 is 15.9 Å². The van der Waals surface area contributed by atoms with Gasteiger partial charge >= 0.3 is 0 Å². The summed E-state index contributed by atoms with van der Waals surface area (Å²) in [7, 11) is 1.86. The van der Waals surface area contributed by atoms with E-state index < -0.39 is 11.6 Å². The Hall–Kier alpha value is -1.46. The van der Waals surface area contributed by atoms with Crippen LogP contribution in [0.5, 0.6) is 11.5 Å². The molecule has 0 aliphatic rings. The predicted molar refractivity (Wildman–Crippen MR) is 78.1 cm³/mol. The van der Waals surface area contributed by atoms with Crippen LogP contribution < -0.4 is 10.1 Å². The van der Waals surface area contributed by atoms with Gasteiger partial charge in [-0.3, -0.25) is 0 Å². The first-order valence-electron chi connectivity index (χ1n) is 6.08. The van der Waals surface area contributed by atoms with Gasteiger partial charge in [0.1, 0.15) is 5.75 Å². The zero-order valence-electron chi connectivity index (χ0n) is 11.1. The highest BCUT2D eigenvalue weighted by Gasteiger charge is 2.12. The minimum absolute atomic E-state index is 0.141. The number of rotatable bonds is 4. The molecule has 0 spiro atoms. The van der Waals surface area contributed by atoms with E-state index >= 15 is 0 Å². The molecule has 2 rings (SSSR count). The number of ether oxygens (including phenoxy) is 1. The van der Waals surface area contributed by atoms with Crippen LogP contribution in [0.3, 0.4) is 0 Å². The van der Waals surface area contributed by atoms with Crippen molar-refractivity contribution in [2.75, 3.05) is 7.05 Å². The van der Waals surface area contributed by atoms with Crippen molar-refractivity contribution in [3.63, 3.8) is 0 Å². The van der Waals surface area contributed by atoms with Gasteiger partial charge in [0, 0.05) is 11.0 Å². The van der Waals surface area contributed by atoms with Gasteiger partial charge in [-0.05, 0) is 49.4 Å². The van der Waals surface area contributed by atoms with E-state index in [0.29, 0.717) is 10.2 Å². The molecule has 20 heavy (non-hydrogen) atoms. The van der Waals surface area contributed by atoms with Crippen LogP contribution in [0.25, 0.3) is 0 Å². The molecule has 0 heterocycles. The van der Waals surface area contributed by atoms with E-state index in [0.717, 1.165) is 23.7 Å². The third-order valence-corrected chi connectivity index (χ3v) is 3.33. The highest BCUT2D eigenvalue weighted by molar-refractivity contribution is 9.10. The van der Waals surface area contributed by atoms with Crippen molar-refractivity contribution in [1.82, 2.24) is 5.32 Å². The molecule has 5 heteroatoms. The van der Waals surface area contributed by atoms with Gasteiger partial charge in [-0.2, -0.15) is 4.39 Å². The summed E-state index contributed by atoms with van der Waals surface area (Å²) in [5.41, 5.74) is 2.15. The van der Waals surface area contributed by atoms with Crippen LogP contribution in [-0.2, 0) is 6.54 Å². The average Bonchev–Trinajstić information content (AvgIpc) is 2.39. The van der Waals surface area contributed by atoms with Gasteiger partial charge in [-0.15, -0.1) is 0 Å². The lowest BCUT2D eigenvalue weighted by molar-refractivity contribution is 0.415. The molecule has 0 amide bonds. The van der Waals surface area contributed by atoms with E-state index in [2.05, 4.69) is 21.2 Å². The monoisotopic (exact) mass is 341 g/mol. The average molecular weight is 342 g/mol. The van der Waals surface area contributed by atoms with Crippen LogP contribution in [-0.4, -0.2) is 7.05 Å². The van der Waals surface area contributed by atoms with E-state index in [1.807, 2.05) is 20.0 Å². The van der Waals surface area contributed by atoms with E-state index in [9.17, 15) is 8.78 Å². The highest BCUT2D eigenvalue weighted by atomic mass is 79.9. The molecule has 2 nitrogen and oxygen atoms in total. The maximum absolute atomic E-state index is 13.6. The summed E-state index contributed by atoms with van der Waals surface area (Å²) >= 11 is 3.11. The Kier molecular flexibility index (Phi) is 4.73. The fourth-order valence-electron chi connectivity index (χ4n) is 1.85. The lowest BCUT2D eigenvalue weighted by Gasteiger charge is -2.11. The van der Waals surface area contributed by atoms with Crippen LogP contribution in [0.1, 0.15) is 11.1 Å². The fourth-order valence-corrected chi connectivity index (χ4v) is 2.26. The van der Waals surface area contributed by atoms with Crippen LogP contribution in [0.15, 0.2) is 34.8 Å². The molecule has 0 bridgehead atoms. The van der Waals surface area contributed by atoms with E-state index in [1.54, 1.807) is 12.1 Å². The molecule has 0 aliphatic carbocycles. The Bertz CT molecular complexity index is 632. The van der Waals surface area contributed by atoms with Crippen molar-refractivity contribution in [2.45, 2.75) is 13.5 Å². The zero-order valence-corrected chi connectivity index (χ0v) is 12.7. The second-order valence-corrected chi connectivity index (χ2v) is 5.34. The molecule has 1 N–H and O–H groups in total. The van der Waals surface area contributed by atoms with Crippen LogP contribution in [0.2, 0.25) is 0 Å². The Morgan fingerprint density at radius 1 is 1.20 bits per heavy atom. The quantitative estimate of drug-likeness (QED) is 0.824. The van der Waals surface area contributed by atoms with Crippen molar-refractivity contribution in [1.29, 1.82) is 0 Å². The topological polar surface area (TPSA) is 21.3 Å². The van der Waals surface area contributed by atoms with Gasteiger partial charge in [0.2, 0.25) is 5.82 Å². The third-order valence-electron chi connectivity index (χ3n) is 2.87. The highest BCUT2D eigenvalue weighted by Crippen LogP contribution is 2.30. The van der Waals surface area contributed by atoms with Crippen LogP contribution in [0.4, 0.5) is 8.78 Å². The van der Waals surface area contributed by atoms with E-state index in [4.69, 9.17) is 4.74 Å². The normalized spacial score (nSPS) is 10.7. The van der Waals surface area contributed by atoms with Crippen LogP contribution in [0, 0.1) is 18.6 Å². The number of benzene rings is 2. The lowest BCUT2D eigenvalue weighted by Crippen LogP contribution is -2.06. The Balaban J connectivity index is 2.29. The first kappa shape index (κ1) is 14.9. The summed E-state index contributed by atoms with van der Waals surface area (Å²) in [6.07, 6.45) is 0. The van der Waals surface area contributed by atoms with Gasteiger partial charge < -0.3 is 10.1 Å².